The van der Waals surface area contributed by atoms with E-state index in [0.29, 0.717) is 0 Å². The first-order valence-electron chi connectivity index (χ1n) is 8.92. The molecule has 0 spiro atoms. The smallest absolute Gasteiger partial charge is 0.108 e. The van der Waals surface area contributed by atoms with Crippen molar-refractivity contribution in [3.05, 3.63) is 95.6 Å². The average Bonchev–Trinajstić information content (AvgIpc) is 3.22. The quantitative estimate of drug-likeness (QED) is 0.496. The van der Waals surface area contributed by atoms with Crippen molar-refractivity contribution >= 4 is 0 Å². The molecule has 0 aliphatic heterocycles. The highest BCUT2D eigenvalue weighted by Crippen LogP contribution is 2.40. The molecule has 0 saturated heterocycles. The van der Waals surface area contributed by atoms with Gasteiger partial charge in [-0.15, -0.1) is 0 Å². The van der Waals surface area contributed by atoms with E-state index in [1.54, 1.807) is 24.8 Å². The summed E-state index contributed by atoms with van der Waals surface area (Å²) in [6.45, 7) is 0. The van der Waals surface area contributed by atoms with E-state index in [1.807, 2.05) is 48.5 Å². The van der Waals surface area contributed by atoms with Crippen LogP contribution < -0.4 is 0 Å². The Kier molecular flexibility index (Phi) is 3.93. The first-order chi connectivity index (χ1) is 13.8. The second-order valence-corrected chi connectivity index (χ2v) is 6.57. The van der Waals surface area contributed by atoms with Gasteiger partial charge >= 0.3 is 0 Å². The van der Waals surface area contributed by atoms with Gasteiger partial charge in [0.25, 0.3) is 0 Å². The minimum atomic E-state index is -0.567. The molecule has 4 heterocycles. The predicted molar refractivity (Wildman–Crippen MR) is 103 cm³/mol. The highest BCUT2D eigenvalue weighted by molar-refractivity contribution is 5.71. The Hall–Kier alpha value is -3.48. The van der Waals surface area contributed by atoms with Gasteiger partial charge in [0.15, 0.2) is 0 Å². The van der Waals surface area contributed by atoms with Crippen LogP contribution in [-0.2, 0) is 0 Å². The van der Waals surface area contributed by atoms with Crippen molar-refractivity contribution in [3.8, 4) is 22.8 Å². The van der Waals surface area contributed by atoms with Crippen molar-refractivity contribution in [2.45, 2.75) is 12.2 Å². The van der Waals surface area contributed by atoms with Crippen LogP contribution >= 0.6 is 0 Å². The lowest BCUT2D eigenvalue weighted by Gasteiger charge is -2.02. The summed E-state index contributed by atoms with van der Waals surface area (Å²) in [5, 5.41) is 19.9. The maximum absolute atomic E-state index is 9.95. The predicted octanol–water partition coefficient (Wildman–Crippen LogP) is 3.08. The first-order valence-corrected chi connectivity index (χ1v) is 8.92. The summed E-state index contributed by atoms with van der Waals surface area (Å²) in [6.07, 6.45) is 5.74. The molecule has 6 heteroatoms. The fourth-order valence-corrected chi connectivity index (χ4v) is 3.68. The Morgan fingerprint density at radius 1 is 0.464 bits per heavy atom. The lowest BCUT2D eigenvalue weighted by molar-refractivity contribution is 0.224. The summed E-state index contributed by atoms with van der Waals surface area (Å²) in [6, 6.07) is 14.8. The molecule has 28 heavy (non-hydrogen) atoms. The number of aliphatic hydroxyl groups excluding tert-OH is 2. The molecular formula is C22H16N4O2. The second-order valence-electron chi connectivity index (χ2n) is 6.57. The summed E-state index contributed by atoms with van der Waals surface area (Å²) in [5.41, 5.74) is 6.60. The normalized spacial score (nSPS) is 13.8. The van der Waals surface area contributed by atoms with Gasteiger partial charge in [-0.05, 0) is 24.3 Å². The molecule has 0 atom stereocenters. The molecule has 2 aliphatic rings. The van der Waals surface area contributed by atoms with Crippen LogP contribution in [0.4, 0.5) is 0 Å². The molecule has 2 N–H and O–H groups in total. The minimum Gasteiger partial charge on any atom is -0.383 e. The van der Waals surface area contributed by atoms with E-state index in [-0.39, 0.29) is 0 Å². The van der Waals surface area contributed by atoms with Crippen molar-refractivity contribution in [2.24, 2.45) is 0 Å². The number of hydrogen-bond donors (Lipinski definition) is 2. The molecule has 0 fully saturated rings. The van der Waals surface area contributed by atoms with Crippen LogP contribution in [0, 0.1) is 0 Å². The summed E-state index contributed by atoms with van der Waals surface area (Å²) < 4.78 is 0. The number of aliphatic hydroxyl groups is 2. The van der Waals surface area contributed by atoms with Gasteiger partial charge in [0.05, 0.1) is 22.8 Å². The zero-order valence-electron chi connectivity index (χ0n) is 14.8. The van der Waals surface area contributed by atoms with E-state index in [9.17, 15) is 10.2 Å². The Balaban J connectivity index is 0.000000122. The maximum atomic E-state index is 9.95. The van der Waals surface area contributed by atoms with Crippen molar-refractivity contribution < 1.29 is 10.2 Å². The third-order valence-electron chi connectivity index (χ3n) is 4.98. The third kappa shape index (κ3) is 2.51. The van der Waals surface area contributed by atoms with Gasteiger partial charge in [-0.3, -0.25) is 19.9 Å². The summed E-state index contributed by atoms with van der Waals surface area (Å²) in [4.78, 5) is 16.9. The van der Waals surface area contributed by atoms with Gasteiger partial charge in [0, 0.05) is 47.0 Å². The average molecular weight is 368 g/mol. The molecule has 0 amide bonds. The molecule has 0 radical (unpaired) electrons. The van der Waals surface area contributed by atoms with Crippen LogP contribution in [0.15, 0.2) is 73.3 Å². The zero-order chi connectivity index (χ0) is 19.1. The number of pyridine rings is 4. The van der Waals surface area contributed by atoms with Gasteiger partial charge in [0.2, 0.25) is 0 Å². The number of nitrogens with zero attached hydrogens (tertiary/aromatic N) is 4. The summed E-state index contributed by atoms with van der Waals surface area (Å²) >= 11 is 0. The van der Waals surface area contributed by atoms with E-state index in [0.717, 1.165) is 45.0 Å². The fourth-order valence-electron chi connectivity index (χ4n) is 3.68. The van der Waals surface area contributed by atoms with Crippen molar-refractivity contribution in [2.75, 3.05) is 0 Å². The number of hydrogen-bond acceptors (Lipinski definition) is 6. The monoisotopic (exact) mass is 368 g/mol. The van der Waals surface area contributed by atoms with E-state index in [1.165, 1.54) is 0 Å². The van der Waals surface area contributed by atoms with Gasteiger partial charge < -0.3 is 10.2 Å². The fraction of sp³-hybridized carbons (Fsp3) is 0.0909. The number of aromatic nitrogens is 4. The van der Waals surface area contributed by atoms with Crippen molar-refractivity contribution in [1.29, 1.82) is 0 Å². The van der Waals surface area contributed by atoms with Crippen LogP contribution in [0.25, 0.3) is 22.8 Å². The minimum absolute atomic E-state index is 0.567. The van der Waals surface area contributed by atoms with Crippen molar-refractivity contribution in [1.82, 2.24) is 19.9 Å². The molecule has 4 aromatic heterocycles. The van der Waals surface area contributed by atoms with E-state index >= 15 is 0 Å². The molecule has 6 nitrogen and oxygen atoms in total. The molecule has 0 bridgehead atoms. The highest BCUT2D eigenvalue weighted by Gasteiger charge is 2.29. The van der Waals surface area contributed by atoms with Gasteiger partial charge in [-0.1, -0.05) is 24.3 Å². The van der Waals surface area contributed by atoms with Gasteiger partial charge in [-0.2, -0.15) is 0 Å². The largest absolute Gasteiger partial charge is 0.383 e. The Morgan fingerprint density at radius 2 is 0.714 bits per heavy atom. The molecule has 0 unspecified atom stereocenters. The SMILES string of the molecule is OC1c2cccnc2-c2ncccc21.OC1c2cccnc2-c2ncccc21. The van der Waals surface area contributed by atoms with E-state index in [2.05, 4.69) is 19.9 Å². The molecule has 6 rings (SSSR count). The van der Waals surface area contributed by atoms with E-state index in [4.69, 9.17) is 0 Å². The second kappa shape index (κ2) is 6.60. The Morgan fingerprint density at radius 3 is 0.964 bits per heavy atom. The highest BCUT2D eigenvalue weighted by atomic mass is 16.3. The first kappa shape index (κ1) is 16.7. The Labute approximate surface area is 161 Å². The van der Waals surface area contributed by atoms with Crippen LogP contribution in [0.3, 0.4) is 0 Å². The van der Waals surface area contributed by atoms with Crippen molar-refractivity contribution in [3.63, 3.8) is 0 Å². The molecule has 136 valence electrons. The molecule has 0 aromatic carbocycles. The number of fused-ring (bicyclic) bond motifs is 6. The summed E-state index contributed by atoms with van der Waals surface area (Å²) in [7, 11) is 0. The molecule has 4 aromatic rings. The van der Waals surface area contributed by atoms with Crippen LogP contribution in [0.2, 0.25) is 0 Å². The van der Waals surface area contributed by atoms with Crippen LogP contribution in [0.1, 0.15) is 34.5 Å². The zero-order valence-corrected chi connectivity index (χ0v) is 14.8. The Bertz CT molecular complexity index is 994. The molecule has 0 saturated carbocycles. The third-order valence-corrected chi connectivity index (χ3v) is 4.98. The van der Waals surface area contributed by atoms with Crippen LogP contribution in [0.5, 0.6) is 0 Å². The lowest BCUT2D eigenvalue weighted by atomic mass is 10.1. The summed E-state index contributed by atoms with van der Waals surface area (Å²) in [5.74, 6) is 0. The number of rotatable bonds is 0. The molecule has 2 aliphatic carbocycles. The maximum Gasteiger partial charge on any atom is 0.108 e. The standard InChI is InChI=1S/2C11H8N2O/c2*14-11-7-3-1-5-12-9(7)10-8(11)4-2-6-13-10/h2*1-6,11,14H. The van der Waals surface area contributed by atoms with Crippen LogP contribution in [-0.4, -0.2) is 30.1 Å². The lowest BCUT2D eigenvalue weighted by Crippen LogP contribution is -1.93. The molecular weight excluding hydrogens is 352 g/mol. The topological polar surface area (TPSA) is 92.0 Å². The van der Waals surface area contributed by atoms with E-state index < -0.39 is 12.2 Å². The van der Waals surface area contributed by atoms with Gasteiger partial charge in [-0.25, -0.2) is 0 Å². The van der Waals surface area contributed by atoms with Gasteiger partial charge in [0.1, 0.15) is 12.2 Å².